The predicted molar refractivity (Wildman–Crippen MR) is 77.3 cm³/mol. The van der Waals surface area contributed by atoms with E-state index in [1.165, 1.54) is 25.7 Å². The van der Waals surface area contributed by atoms with Crippen molar-refractivity contribution in [2.75, 3.05) is 0 Å². The van der Waals surface area contributed by atoms with Crippen LogP contribution in [0.1, 0.15) is 70.6 Å². The maximum Gasteiger partial charge on any atom is 0.305 e. The Bertz CT molecular complexity index is 331. The van der Waals surface area contributed by atoms with E-state index in [0.29, 0.717) is 5.92 Å². The molecule has 0 heterocycles. The molecule has 0 spiro atoms. The minimum absolute atomic E-state index is 0.0725. The number of nitrogens with one attached hydrogen (secondary N) is 1. The molecule has 4 heteroatoms. The molecule has 0 aliphatic heterocycles. The summed E-state index contributed by atoms with van der Waals surface area (Å²) in [5, 5.41) is 12.2. The van der Waals surface area contributed by atoms with Crippen molar-refractivity contribution in [2.45, 2.75) is 76.7 Å². The second-order valence-electron chi connectivity index (χ2n) is 6.45. The highest BCUT2D eigenvalue weighted by Crippen LogP contribution is 2.29. The predicted octanol–water partition coefficient (Wildman–Crippen LogP) is 3.11. The summed E-state index contributed by atoms with van der Waals surface area (Å²) >= 11 is 0. The van der Waals surface area contributed by atoms with Gasteiger partial charge in [0, 0.05) is 12.0 Å². The van der Waals surface area contributed by atoms with Crippen molar-refractivity contribution in [3.05, 3.63) is 0 Å². The van der Waals surface area contributed by atoms with E-state index in [4.69, 9.17) is 5.11 Å². The van der Waals surface area contributed by atoms with Gasteiger partial charge in [0.15, 0.2) is 0 Å². The summed E-state index contributed by atoms with van der Waals surface area (Å²) < 4.78 is 0. The van der Waals surface area contributed by atoms with Crippen LogP contribution in [0, 0.1) is 11.8 Å². The minimum atomic E-state index is -0.801. The van der Waals surface area contributed by atoms with Gasteiger partial charge in [-0.1, -0.05) is 38.5 Å². The summed E-state index contributed by atoms with van der Waals surface area (Å²) in [6, 6.07) is -0.165. The molecule has 114 valence electrons. The van der Waals surface area contributed by atoms with Crippen LogP contribution in [-0.4, -0.2) is 23.0 Å². The minimum Gasteiger partial charge on any atom is -0.481 e. The first kappa shape index (κ1) is 15.3. The van der Waals surface area contributed by atoms with Crippen LogP contribution in [0.4, 0.5) is 0 Å². The highest BCUT2D eigenvalue weighted by molar-refractivity contribution is 5.79. The molecule has 0 saturated heterocycles. The zero-order valence-corrected chi connectivity index (χ0v) is 12.3. The molecular weight excluding hydrogens is 254 g/mol. The molecule has 1 amide bonds. The summed E-state index contributed by atoms with van der Waals surface area (Å²) in [6.07, 6.45) is 11.2. The standard InChI is InChI=1S/C16H27NO3/c18-15(19)11-14(12-7-3-1-4-8-12)17-16(20)13-9-5-2-6-10-13/h12-14H,1-11H2,(H,17,20)(H,18,19)/t14-/m1/s1. The lowest BCUT2D eigenvalue weighted by Gasteiger charge is -2.32. The molecular formula is C16H27NO3. The maximum absolute atomic E-state index is 12.3. The summed E-state index contributed by atoms with van der Waals surface area (Å²) in [4.78, 5) is 23.4. The Balaban J connectivity index is 1.91. The quantitative estimate of drug-likeness (QED) is 0.813. The monoisotopic (exact) mass is 281 g/mol. The average molecular weight is 281 g/mol. The molecule has 4 nitrogen and oxygen atoms in total. The fraction of sp³-hybridized carbons (Fsp3) is 0.875. The van der Waals surface area contributed by atoms with E-state index in [0.717, 1.165) is 38.5 Å². The molecule has 0 aromatic heterocycles. The van der Waals surface area contributed by atoms with Crippen LogP contribution >= 0.6 is 0 Å². The molecule has 0 aromatic rings. The smallest absolute Gasteiger partial charge is 0.305 e. The van der Waals surface area contributed by atoms with Gasteiger partial charge < -0.3 is 10.4 Å². The Morgan fingerprint density at radius 3 is 2.05 bits per heavy atom. The topological polar surface area (TPSA) is 66.4 Å². The summed E-state index contributed by atoms with van der Waals surface area (Å²) in [5.74, 6) is -0.234. The third-order valence-electron chi connectivity index (χ3n) is 4.92. The molecule has 2 saturated carbocycles. The average Bonchev–Trinajstić information content (AvgIpc) is 2.48. The number of rotatable bonds is 5. The van der Waals surface area contributed by atoms with Gasteiger partial charge in [0.05, 0.1) is 6.42 Å². The first-order valence-corrected chi connectivity index (χ1v) is 8.19. The van der Waals surface area contributed by atoms with Crippen molar-refractivity contribution in [1.29, 1.82) is 0 Å². The first-order chi connectivity index (χ1) is 9.66. The maximum atomic E-state index is 12.3. The van der Waals surface area contributed by atoms with Crippen molar-refractivity contribution in [3.63, 3.8) is 0 Å². The SMILES string of the molecule is O=C(O)C[C@@H](NC(=O)C1CCCCC1)C1CCCCC1. The van der Waals surface area contributed by atoms with E-state index >= 15 is 0 Å². The highest BCUT2D eigenvalue weighted by Gasteiger charge is 2.29. The van der Waals surface area contributed by atoms with Crippen LogP contribution < -0.4 is 5.32 Å². The van der Waals surface area contributed by atoms with Crippen molar-refractivity contribution < 1.29 is 14.7 Å². The molecule has 20 heavy (non-hydrogen) atoms. The third kappa shape index (κ3) is 4.50. The van der Waals surface area contributed by atoms with E-state index < -0.39 is 5.97 Å². The lowest BCUT2D eigenvalue weighted by molar-refractivity contribution is -0.138. The van der Waals surface area contributed by atoms with Crippen molar-refractivity contribution in [1.82, 2.24) is 5.32 Å². The van der Waals surface area contributed by atoms with Crippen LogP contribution in [0.15, 0.2) is 0 Å². The molecule has 0 unspecified atom stereocenters. The number of hydrogen-bond acceptors (Lipinski definition) is 2. The largest absolute Gasteiger partial charge is 0.481 e. The number of carbonyl (C=O) groups excluding carboxylic acids is 1. The molecule has 2 aliphatic carbocycles. The molecule has 0 bridgehead atoms. The lowest BCUT2D eigenvalue weighted by atomic mass is 9.82. The Hall–Kier alpha value is -1.06. The fourth-order valence-corrected chi connectivity index (χ4v) is 3.73. The van der Waals surface area contributed by atoms with E-state index in [-0.39, 0.29) is 24.3 Å². The van der Waals surface area contributed by atoms with Crippen LogP contribution in [0.2, 0.25) is 0 Å². The number of carboxylic acids is 1. The summed E-state index contributed by atoms with van der Waals surface area (Å²) in [6.45, 7) is 0. The normalized spacial score (nSPS) is 23.2. The van der Waals surface area contributed by atoms with Crippen LogP contribution in [0.25, 0.3) is 0 Å². The number of aliphatic carboxylic acids is 1. The van der Waals surface area contributed by atoms with E-state index in [1.54, 1.807) is 0 Å². The molecule has 2 fully saturated rings. The Morgan fingerprint density at radius 2 is 1.50 bits per heavy atom. The van der Waals surface area contributed by atoms with Gasteiger partial charge in [0.25, 0.3) is 0 Å². The zero-order valence-electron chi connectivity index (χ0n) is 12.3. The van der Waals surface area contributed by atoms with Gasteiger partial charge >= 0.3 is 5.97 Å². The number of carboxylic acid groups (broad SMARTS) is 1. The van der Waals surface area contributed by atoms with Gasteiger partial charge in [-0.25, -0.2) is 0 Å². The fourth-order valence-electron chi connectivity index (χ4n) is 3.73. The number of carbonyl (C=O) groups is 2. The lowest BCUT2D eigenvalue weighted by Crippen LogP contribution is -2.45. The van der Waals surface area contributed by atoms with Crippen LogP contribution in [0.3, 0.4) is 0 Å². The highest BCUT2D eigenvalue weighted by atomic mass is 16.4. The van der Waals surface area contributed by atoms with E-state index in [2.05, 4.69) is 5.32 Å². The second kappa shape index (κ2) is 7.65. The second-order valence-corrected chi connectivity index (χ2v) is 6.45. The van der Waals surface area contributed by atoms with Gasteiger partial charge in [-0.05, 0) is 31.6 Å². The molecule has 1 atom stereocenters. The first-order valence-electron chi connectivity index (χ1n) is 8.19. The molecule has 0 radical (unpaired) electrons. The van der Waals surface area contributed by atoms with Crippen molar-refractivity contribution >= 4 is 11.9 Å². The van der Waals surface area contributed by atoms with E-state index in [1.807, 2.05) is 0 Å². The number of hydrogen-bond donors (Lipinski definition) is 2. The van der Waals surface area contributed by atoms with Crippen LogP contribution in [-0.2, 0) is 9.59 Å². The zero-order chi connectivity index (χ0) is 14.4. The number of amides is 1. The van der Waals surface area contributed by atoms with E-state index in [9.17, 15) is 9.59 Å². The van der Waals surface area contributed by atoms with Gasteiger partial charge in [-0.2, -0.15) is 0 Å². The van der Waals surface area contributed by atoms with Crippen molar-refractivity contribution in [3.8, 4) is 0 Å². The Kier molecular flexibility index (Phi) is 5.86. The Labute approximate surface area is 121 Å². The van der Waals surface area contributed by atoms with Crippen LogP contribution in [0.5, 0.6) is 0 Å². The van der Waals surface area contributed by atoms with Crippen molar-refractivity contribution in [2.24, 2.45) is 11.8 Å². The Morgan fingerprint density at radius 1 is 0.950 bits per heavy atom. The third-order valence-corrected chi connectivity index (χ3v) is 4.92. The van der Waals surface area contributed by atoms with Gasteiger partial charge in [0.1, 0.15) is 0 Å². The molecule has 2 aliphatic rings. The van der Waals surface area contributed by atoms with Gasteiger partial charge in [0.2, 0.25) is 5.91 Å². The van der Waals surface area contributed by atoms with Gasteiger partial charge in [-0.3, -0.25) is 9.59 Å². The summed E-state index contributed by atoms with van der Waals surface area (Å²) in [5.41, 5.74) is 0. The molecule has 2 N–H and O–H groups in total. The van der Waals surface area contributed by atoms with Gasteiger partial charge in [-0.15, -0.1) is 0 Å². The molecule has 0 aromatic carbocycles. The molecule has 2 rings (SSSR count). The summed E-state index contributed by atoms with van der Waals surface area (Å²) in [7, 11) is 0.